The molecule has 0 saturated carbocycles. The monoisotopic (exact) mass is 263 g/mol. The van der Waals surface area contributed by atoms with Gasteiger partial charge in [-0.3, -0.25) is 4.79 Å². The summed E-state index contributed by atoms with van der Waals surface area (Å²) in [7, 11) is 4.49. The molecular weight excluding hydrogens is 246 g/mol. The quantitative estimate of drug-likeness (QED) is 0.737. The summed E-state index contributed by atoms with van der Waals surface area (Å²) in [5.74, 6) is 0.809. The fraction of sp³-hybridized carbons (Fsp3) is 0.429. The zero-order valence-corrected chi connectivity index (χ0v) is 11.5. The second-order valence-corrected chi connectivity index (χ2v) is 4.04. The lowest BCUT2D eigenvalue weighted by atomic mass is 9.96. The van der Waals surface area contributed by atoms with Crippen molar-refractivity contribution < 1.29 is 19.0 Å². The van der Waals surface area contributed by atoms with Crippen LogP contribution in [-0.4, -0.2) is 27.1 Å². The number of Topliss-reactive ketones (excluding diaryl/α,β-unsaturated/α-hetero) is 1. The molecule has 1 rings (SSSR count). The molecule has 0 bridgehead atoms. The molecule has 1 aromatic carbocycles. The van der Waals surface area contributed by atoms with E-state index in [1.807, 2.05) is 6.07 Å². The molecule has 0 aliphatic carbocycles. The Morgan fingerprint density at radius 1 is 1.16 bits per heavy atom. The molecule has 0 saturated heterocycles. The van der Waals surface area contributed by atoms with Crippen molar-refractivity contribution in [3.05, 3.63) is 17.7 Å². The van der Waals surface area contributed by atoms with Crippen molar-refractivity contribution in [2.45, 2.75) is 13.3 Å². The minimum Gasteiger partial charge on any atom is -0.496 e. The molecule has 1 unspecified atom stereocenters. The average Bonchev–Trinajstić information content (AvgIpc) is 2.45. The maximum atomic E-state index is 12.3. The Morgan fingerprint density at radius 2 is 1.68 bits per heavy atom. The van der Waals surface area contributed by atoms with Gasteiger partial charge in [0.1, 0.15) is 5.75 Å². The standard InChI is InChI=1S/C14H17NO4/c1-9(5-6-15)14(16)10-7-12(18-3)13(19-4)8-11(10)17-2/h7-9H,5H2,1-4H3. The number of benzene rings is 1. The molecule has 0 aliphatic rings. The minimum atomic E-state index is -0.392. The average molecular weight is 263 g/mol. The summed E-state index contributed by atoms with van der Waals surface area (Å²) in [5.41, 5.74) is 0.392. The summed E-state index contributed by atoms with van der Waals surface area (Å²) < 4.78 is 15.5. The van der Waals surface area contributed by atoms with E-state index in [9.17, 15) is 4.79 Å². The van der Waals surface area contributed by atoms with Gasteiger partial charge in [0.2, 0.25) is 0 Å². The third-order valence-corrected chi connectivity index (χ3v) is 2.82. The minimum absolute atomic E-state index is 0.153. The third-order valence-electron chi connectivity index (χ3n) is 2.82. The SMILES string of the molecule is COc1cc(OC)c(C(=O)C(C)CC#N)cc1OC. The van der Waals surface area contributed by atoms with Gasteiger partial charge >= 0.3 is 0 Å². The smallest absolute Gasteiger partial charge is 0.170 e. The van der Waals surface area contributed by atoms with Gasteiger partial charge in [-0.15, -0.1) is 0 Å². The summed E-state index contributed by atoms with van der Waals surface area (Å²) in [5, 5.41) is 8.66. The number of carbonyl (C=O) groups excluding carboxylic acids is 1. The van der Waals surface area contributed by atoms with E-state index in [4.69, 9.17) is 19.5 Å². The van der Waals surface area contributed by atoms with Crippen molar-refractivity contribution in [2.24, 2.45) is 5.92 Å². The highest BCUT2D eigenvalue weighted by Crippen LogP contribution is 2.35. The Labute approximate surface area is 112 Å². The summed E-state index contributed by atoms with van der Waals surface area (Å²) in [6.45, 7) is 1.71. The fourth-order valence-electron chi connectivity index (χ4n) is 1.72. The summed E-state index contributed by atoms with van der Waals surface area (Å²) in [4.78, 5) is 12.3. The number of nitrogens with zero attached hydrogens (tertiary/aromatic N) is 1. The Hall–Kier alpha value is -2.22. The molecule has 1 atom stereocenters. The summed E-state index contributed by atoms with van der Waals surface area (Å²) in [6.07, 6.45) is 0.163. The fourth-order valence-corrected chi connectivity index (χ4v) is 1.72. The highest BCUT2D eigenvalue weighted by molar-refractivity contribution is 6.01. The van der Waals surface area contributed by atoms with Crippen LogP contribution in [0.25, 0.3) is 0 Å². The lowest BCUT2D eigenvalue weighted by molar-refractivity contribution is 0.0928. The van der Waals surface area contributed by atoms with Crippen molar-refractivity contribution in [2.75, 3.05) is 21.3 Å². The van der Waals surface area contributed by atoms with Gasteiger partial charge in [-0.2, -0.15) is 5.26 Å². The van der Waals surface area contributed by atoms with Crippen LogP contribution in [0.15, 0.2) is 12.1 Å². The molecule has 0 amide bonds. The first kappa shape index (κ1) is 14.8. The number of hydrogen-bond donors (Lipinski definition) is 0. The molecule has 0 radical (unpaired) electrons. The molecular formula is C14H17NO4. The van der Waals surface area contributed by atoms with Gasteiger partial charge in [-0.1, -0.05) is 6.92 Å². The van der Waals surface area contributed by atoms with Crippen LogP contribution in [0.1, 0.15) is 23.7 Å². The maximum absolute atomic E-state index is 12.3. The van der Waals surface area contributed by atoms with Crippen LogP contribution in [0.2, 0.25) is 0 Å². The van der Waals surface area contributed by atoms with Crippen molar-refractivity contribution in [3.8, 4) is 23.3 Å². The first-order valence-corrected chi connectivity index (χ1v) is 5.80. The van der Waals surface area contributed by atoms with E-state index in [2.05, 4.69) is 0 Å². The van der Waals surface area contributed by atoms with Crippen molar-refractivity contribution in [1.29, 1.82) is 5.26 Å². The number of ether oxygens (including phenoxy) is 3. The van der Waals surface area contributed by atoms with Gasteiger partial charge < -0.3 is 14.2 Å². The van der Waals surface area contributed by atoms with Crippen LogP contribution in [0.4, 0.5) is 0 Å². The molecule has 0 fully saturated rings. The van der Waals surface area contributed by atoms with Gasteiger partial charge in [-0.05, 0) is 6.07 Å². The Bertz CT molecular complexity index is 505. The Morgan fingerprint density at radius 3 is 2.16 bits per heavy atom. The third kappa shape index (κ3) is 3.16. The van der Waals surface area contributed by atoms with Crippen LogP contribution >= 0.6 is 0 Å². The van der Waals surface area contributed by atoms with E-state index in [0.29, 0.717) is 22.8 Å². The van der Waals surface area contributed by atoms with E-state index in [0.717, 1.165) is 0 Å². The normalized spacial score (nSPS) is 11.3. The van der Waals surface area contributed by atoms with Crippen LogP contribution in [0.5, 0.6) is 17.2 Å². The van der Waals surface area contributed by atoms with E-state index >= 15 is 0 Å². The molecule has 102 valence electrons. The topological polar surface area (TPSA) is 68.5 Å². The second-order valence-electron chi connectivity index (χ2n) is 4.04. The molecule has 0 aromatic heterocycles. The first-order chi connectivity index (χ1) is 9.08. The van der Waals surface area contributed by atoms with E-state index in [1.165, 1.54) is 21.3 Å². The predicted molar refractivity (Wildman–Crippen MR) is 69.8 cm³/mol. The van der Waals surface area contributed by atoms with Crippen LogP contribution in [0, 0.1) is 17.2 Å². The largest absolute Gasteiger partial charge is 0.496 e. The highest BCUT2D eigenvalue weighted by atomic mass is 16.5. The molecule has 0 N–H and O–H groups in total. The van der Waals surface area contributed by atoms with Crippen LogP contribution in [-0.2, 0) is 0 Å². The molecule has 19 heavy (non-hydrogen) atoms. The van der Waals surface area contributed by atoms with Gasteiger partial charge in [0, 0.05) is 18.4 Å². The van der Waals surface area contributed by atoms with Crippen LogP contribution < -0.4 is 14.2 Å². The van der Waals surface area contributed by atoms with Crippen molar-refractivity contribution >= 4 is 5.78 Å². The lowest BCUT2D eigenvalue weighted by Gasteiger charge is -2.15. The zero-order chi connectivity index (χ0) is 14.4. The van der Waals surface area contributed by atoms with Gasteiger partial charge in [0.25, 0.3) is 0 Å². The number of methoxy groups -OCH3 is 3. The molecule has 0 heterocycles. The molecule has 5 nitrogen and oxygen atoms in total. The number of carbonyl (C=O) groups is 1. The van der Waals surface area contributed by atoms with E-state index < -0.39 is 5.92 Å². The summed E-state index contributed by atoms with van der Waals surface area (Å²) in [6, 6.07) is 5.17. The predicted octanol–water partition coefficient (Wildman–Crippen LogP) is 2.44. The first-order valence-electron chi connectivity index (χ1n) is 5.80. The molecule has 1 aromatic rings. The number of nitriles is 1. The molecule has 0 spiro atoms. The number of ketones is 1. The molecule has 0 aliphatic heterocycles. The summed E-state index contributed by atoms with van der Waals surface area (Å²) >= 11 is 0. The highest BCUT2D eigenvalue weighted by Gasteiger charge is 2.22. The van der Waals surface area contributed by atoms with E-state index in [-0.39, 0.29) is 12.2 Å². The lowest BCUT2D eigenvalue weighted by Crippen LogP contribution is -2.12. The van der Waals surface area contributed by atoms with Gasteiger partial charge in [0.15, 0.2) is 17.3 Å². The zero-order valence-electron chi connectivity index (χ0n) is 11.5. The van der Waals surface area contributed by atoms with Gasteiger partial charge in [-0.25, -0.2) is 0 Å². The number of hydrogen-bond acceptors (Lipinski definition) is 5. The van der Waals surface area contributed by atoms with Crippen molar-refractivity contribution in [1.82, 2.24) is 0 Å². The molecule has 5 heteroatoms. The van der Waals surface area contributed by atoms with Gasteiger partial charge in [0.05, 0.1) is 33.0 Å². The van der Waals surface area contributed by atoms with E-state index in [1.54, 1.807) is 19.1 Å². The Balaban J connectivity index is 3.26. The number of rotatable bonds is 6. The second kappa shape index (κ2) is 6.64. The maximum Gasteiger partial charge on any atom is 0.170 e. The van der Waals surface area contributed by atoms with Crippen LogP contribution in [0.3, 0.4) is 0 Å². The Kier molecular flexibility index (Phi) is 5.19. The van der Waals surface area contributed by atoms with Crippen molar-refractivity contribution in [3.63, 3.8) is 0 Å².